The third-order valence-corrected chi connectivity index (χ3v) is 2.73. The first-order valence-electron chi connectivity index (χ1n) is 6.03. The topological polar surface area (TPSA) is 46.9 Å². The van der Waals surface area contributed by atoms with E-state index in [0.29, 0.717) is 18.1 Å². The first-order chi connectivity index (χ1) is 9.63. The van der Waals surface area contributed by atoms with Crippen molar-refractivity contribution >= 4 is 23.6 Å². The minimum absolute atomic E-state index is 0.215. The number of hydrogen-bond acceptors (Lipinski definition) is 2. The van der Waals surface area contributed by atoms with Gasteiger partial charge in [-0.2, -0.15) is 5.10 Å². The van der Waals surface area contributed by atoms with E-state index in [1.165, 1.54) is 24.4 Å². The maximum atomic E-state index is 12.7. The zero-order valence-corrected chi connectivity index (χ0v) is 11.3. The molecule has 0 unspecified atom stereocenters. The largest absolute Gasteiger partial charge is 0.351 e. The molecule has 1 heterocycles. The van der Waals surface area contributed by atoms with Crippen molar-refractivity contribution in [3.05, 3.63) is 59.1 Å². The molecule has 0 aliphatic rings. The molecule has 1 amide bonds. The Hall–Kier alpha value is -2.14. The fraction of sp³-hybridized carbons (Fsp3) is 0.143. The zero-order valence-electron chi connectivity index (χ0n) is 10.6. The van der Waals surface area contributed by atoms with Crippen LogP contribution in [0.25, 0.3) is 6.08 Å². The molecule has 0 fully saturated rings. The molecule has 4 nitrogen and oxygen atoms in total. The SMILES string of the molecule is O=C(/C=C/c1ccc(F)cc1)NCCn1cc(Cl)cn1. The molecule has 0 radical (unpaired) electrons. The van der Waals surface area contributed by atoms with Gasteiger partial charge in [0, 0.05) is 18.8 Å². The molecule has 0 aliphatic heterocycles. The van der Waals surface area contributed by atoms with Crippen molar-refractivity contribution in [2.24, 2.45) is 0 Å². The molecule has 0 aliphatic carbocycles. The van der Waals surface area contributed by atoms with E-state index in [1.807, 2.05) is 0 Å². The van der Waals surface area contributed by atoms with Gasteiger partial charge in [-0.1, -0.05) is 23.7 Å². The van der Waals surface area contributed by atoms with Crippen LogP contribution in [0.3, 0.4) is 0 Å². The molecule has 1 aromatic heterocycles. The highest BCUT2D eigenvalue weighted by molar-refractivity contribution is 6.30. The highest BCUT2D eigenvalue weighted by Gasteiger charge is 1.98. The highest BCUT2D eigenvalue weighted by atomic mass is 35.5. The number of amides is 1. The quantitative estimate of drug-likeness (QED) is 0.861. The maximum absolute atomic E-state index is 12.7. The summed E-state index contributed by atoms with van der Waals surface area (Å²) in [5.74, 6) is -0.517. The number of aromatic nitrogens is 2. The summed E-state index contributed by atoms with van der Waals surface area (Å²) in [6.45, 7) is 0.994. The Bertz CT molecular complexity index is 607. The number of carbonyl (C=O) groups excluding carboxylic acids is 1. The molecule has 0 spiro atoms. The summed E-state index contributed by atoms with van der Waals surface area (Å²) >= 11 is 5.72. The van der Waals surface area contributed by atoms with Crippen molar-refractivity contribution in [1.29, 1.82) is 0 Å². The molecule has 20 heavy (non-hydrogen) atoms. The van der Waals surface area contributed by atoms with Gasteiger partial charge in [0.1, 0.15) is 5.82 Å². The molecule has 1 aromatic carbocycles. The number of rotatable bonds is 5. The van der Waals surface area contributed by atoms with Crippen LogP contribution in [0.5, 0.6) is 0 Å². The van der Waals surface area contributed by atoms with E-state index in [1.54, 1.807) is 29.1 Å². The number of hydrogen-bond donors (Lipinski definition) is 1. The van der Waals surface area contributed by atoms with Crippen LogP contribution in [-0.4, -0.2) is 22.2 Å². The first-order valence-corrected chi connectivity index (χ1v) is 6.41. The molecule has 2 aromatic rings. The van der Waals surface area contributed by atoms with Crippen LogP contribution < -0.4 is 5.32 Å². The van der Waals surface area contributed by atoms with Crippen LogP contribution in [-0.2, 0) is 11.3 Å². The van der Waals surface area contributed by atoms with Gasteiger partial charge >= 0.3 is 0 Å². The lowest BCUT2D eigenvalue weighted by molar-refractivity contribution is -0.116. The molecule has 6 heteroatoms. The van der Waals surface area contributed by atoms with Crippen molar-refractivity contribution in [2.45, 2.75) is 6.54 Å². The predicted octanol–water partition coefficient (Wildman–Crippen LogP) is 2.51. The van der Waals surface area contributed by atoms with Crippen LogP contribution in [0.1, 0.15) is 5.56 Å². The summed E-state index contributed by atoms with van der Waals surface area (Å²) in [5, 5.41) is 7.28. The monoisotopic (exact) mass is 293 g/mol. The van der Waals surface area contributed by atoms with Crippen LogP contribution in [0.4, 0.5) is 4.39 Å². The Labute approximate surface area is 120 Å². The van der Waals surface area contributed by atoms with Crippen molar-refractivity contribution in [3.63, 3.8) is 0 Å². The number of nitrogens with zero attached hydrogens (tertiary/aromatic N) is 2. The van der Waals surface area contributed by atoms with Crippen LogP contribution >= 0.6 is 11.6 Å². The summed E-state index contributed by atoms with van der Waals surface area (Å²) in [6, 6.07) is 5.90. The van der Waals surface area contributed by atoms with Crippen LogP contribution in [0.15, 0.2) is 42.7 Å². The van der Waals surface area contributed by atoms with Gasteiger partial charge in [0.15, 0.2) is 0 Å². The van der Waals surface area contributed by atoms with Gasteiger partial charge in [0.2, 0.25) is 5.91 Å². The average Bonchev–Trinajstić information content (AvgIpc) is 2.84. The summed E-state index contributed by atoms with van der Waals surface area (Å²) < 4.78 is 14.3. The third kappa shape index (κ3) is 4.51. The van der Waals surface area contributed by atoms with Gasteiger partial charge in [0.25, 0.3) is 0 Å². The molecule has 1 N–H and O–H groups in total. The van der Waals surface area contributed by atoms with Gasteiger partial charge < -0.3 is 5.32 Å². The molecule has 104 valence electrons. The van der Waals surface area contributed by atoms with Crippen molar-refractivity contribution < 1.29 is 9.18 Å². The lowest BCUT2D eigenvalue weighted by Gasteiger charge is -2.02. The van der Waals surface area contributed by atoms with E-state index in [0.717, 1.165) is 5.56 Å². The fourth-order valence-corrected chi connectivity index (χ4v) is 1.72. The molecule has 2 rings (SSSR count). The van der Waals surface area contributed by atoms with Crippen molar-refractivity contribution in [1.82, 2.24) is 15.1 Å². The van der Waals surface area contributed by atoms with E-state index in [-0.39, 0.29) is 11.7 Å². The number of halogens is 2. The minimum atomic E-state index is -0.301. The fourth-order valence-electron chi connectivity index (χ4n) is 1.56. The Morgan fingerprint density at radius 3 is 2.80 bits per heavy atom. The number of nitrogens with one attached hydrogen (secondary N) is 1. The number of carbonyl (C=O) groups is 1. The summed E-state index contributed by atoms with van der Waals surface area (Å²) in [4.78, 5) is 11.6. The minimum Gasteiger partial charge on any atom is -0.351 e. The van der Waals surface area contributed by atoms with E-state index < -0.39 is 0 Å². The smallest absolute Gasteiger partial charge is 0.244 e. The molecular weight excluding hydrogens is 281 g/mol. The summed E-state index contributed by atoms with van der Waals surface area (Å²) in [6.07, 6.45) is 6.25. The molecular formula is C14H13ClFN3O. The average molecular weight is 294 g/mol. The standard InChI is InChI=1S/C14H13ClFN3O/c15-12-9-18-19(10-12)8-7-17-14(20)6-3-11-1-4-13(16)5-2-11/h1-6,9-10H,7-8H2,(H,17,20)/b6-3+. The lowest BCUT2D eigenvalue weighted by Crippen LogP contribution is -2.25. The Balaban J connectivity index is 1.76. The third-order valence-electron chi connectivity index (χ3n) is 2.54. The molecule has 0 saturated heterocycles. The van der Waals surface area contributed by atoms with E-state index in [4.69, 9.17) is 11.6 Å². The van der Waals surface area contributed by atoms with E-state index >= 15 is 0 Å². The Morgan fingerprint density at radius 2 is 2.15 bits per heavy atom. The first kappa shape index (κ1) is 14.3. The Kier molecular flexibility index (Phi) is 4.90. The van der Waals surface area contributed by atoms with Gasteiger partial charge in [-0.3, -0.25) is 9.48 Å². The van der Waals surface area contributed by atoms with Gasteiger partial charge in [0.05, 0.1) is 17.8 Å². The zero-order chi connectivity index (χ0) is 14.4. The second-order valence-corrected chi connectivity index (χ2v) is 4.53. The molecule has 0 bridgehead atoms. The summed E-state index contributed by atoms with van der Waals surface area (Å²) in [5.41, 5.74) is 0.764. The van der Waals surface area contributed by atoms with E-state index in [2.05, 4.69) is 10.4 Å². The molecule has 0 saturated carbocycles. The van der Waals surface area contributed by atoms with Crippen LogP contribution in [0, 0.1) is 5.82 Å². The second kappa shape index (κ2) is 6.86. The van der Waals surface area contributed by atoms with E-state index in [9.17, 15) is 9.18 Å². The summed E-state index contributed by atoms with van der Waals surface area (Å²) in [7, 11) is 0. The Morgan fingerprint density at radius 1 is 1.40 bits per heavy atom. The van der Waals surface area contributed by atoms with Crippen LogP contribution in [0.2, 0.25) is 5.02 Å². The second-order valence-electron chi connectivity index (χ2n) is 4.10. The van der Waals surface area contributed by atoms with Gasteiger partial charge in [-0.15, -0.1) is 0 Å². The van der Waals surface area contributed by atoms with Gasteiger partial charge in [-0.25, -0.2) is 4.39 Å². The van der Waals surface area contributed by atoms with Crippen molar-refractivity contribution in [3.8, 4) is 0 Å². The predicted molar refractivity (Wildman–Crippen MR) is 75.7 cm³/mol. The van der Waals surface area contributed by atoms with Gasteiger partial charge in [-0.05, 0) is 23.8 Å². The highest BCUT2D eigenvalue weighted by Crippen LogP contribution is 2.05. The number of benzene rings is 1. The van der Waals surface area contributed by atoms with Crippen molar-refractivity contribution in [2.75, 3.05) is 6.54 Å². The normalized spacial score (nSPS) is 10.9. The maximum Gasteiger partial charge on any atom is 0.244 e. The molecule has 0 atom stereocenters. The lowest BCUT2D eigenvalue weighted by atomic mass is 10.2.